The second-order valence-electron chi connectivity index (χ2n) is 8.53. The molecule has 2 aromatic rings. The van der Waals surface area contributed by atoms with Crippen molar-refractivity contribution in [1.29, 1.82) is 0 Å². The second-order valence-corrected chi connectivity index (χ2v) is 10.4. The fourth-order valence-electron chi connectivity index (χ4n) is 4.21. The van der Waals surface area contributed by atoms with Crippen molar-refractivity contribution in [3.05, 3.63) is 53.0 Å². The van der Waals surface area contributed by atoms with Crippen molar-refractivity contribution in [2.24, 2.45) is 5.92 Å². The molecule has 1 fully saturated rings. The average molecular weight is 477 g/mol. The number of carbonyl (C=O) groups is 2. The van der Waals surface area contributed by atoms with Crippen molar-refractivity contribution in [2.45, 2.75) is 44.9 Å². The SMILES string of the molecule is COC(=O)c1c(C)oc(C)c1S(=O)(=O)N1CCN(C(=O)CC(C)CCc2ccccc2)CC1. The lowest BCUT2D eigenvalue weighted by Crippen LogP contribution is -2.50. The van der Waals surface area contributed by atoms with Crippen LogP contribution in [0.1, 0.15) is 47.2 Å². The number of benzene rings is 1. The Balaban J connectivity index is 1.59. The number of rotatable bonds is 8. The summed E-state index contributed by atoms with van der Waals surface area (Å²) in [6.45, 7) is 6.07. The van der Waals surface area contributed by atoms with Gasteiger partial charge < -0.3 is 14.1 Å². The van der Waals surface area contributed by atoms with Crippen LogP contribution in [-0.4, -0.2) is 62.8 Å². The minimum atomic E-state index is -3.97. The lowest BCUT2D eigenvalue weighted by molar-refractivity contribution is -0.133. The molecule has 1 aliphatic heterocycles. The monoisotopic (exact) mass is 476 g/mol. The van der Waals surface area contributed by atoms with E-state index in [1.54, 1.807) is 4.90 Å². The Morgan fingerprint density at radius 3 is 2.30 bits per heavy atom. The van der Waals surface area contributed by atoms with E-state index in [-0.39, 0.29) is 46.9 Å². The fraction of sp³-hybridized carbons (Fsp3) is 0.500. The van der Waals surface area contributed by atoms with Crippen LogP contribution in [0, 0.1) is 19.8 Å². The van der Waals surface area contributed by atoms with Gasteiger partial charge in [0.05, 0.1) is 7.11 Å². The van der Waals surface area contributed by atoms with Gasteiger partial charge >= 0.3 is 5.97 Å². The molecule has 0 N–H and O–H groups in total. The summed E-state index contributed by atoms with van der Waals surface area (Å²) in [4.78, 5) is 26.5. The van der Waals surface area contributed by atoms with Crippen molar-refractivity contribution in [1.82, 2.24) is 9.21 Å². The average Bonchev–Trinajstić information content (AvgIpc) is 3.12. The molecule has 1 unspecified atom stereocenters. The van der Waals surface area contributed by atoms with Crippen LogP contribution in [0.15, 0.2) is 39.6 Å². The van der Waals surface area contributed by atoms with Gasteiger partial charge in [-0.3, -0.25) is 4.79 Å². The maximum Gasteiger partial charge on any atom is 0.342 e. The van der Waals surface area contributed by atoms with Gasteiger partial charge in [-0.2, -0.15) is 4.31 Å². The predicted molar refractivity (Wildman–Crippen MR) is 123 cm³/mol. The highest BCUT2D eigenvalue weighted by Gasteiger charge is 2.37. The van der Waals surface area contributed by atoms with Crippen LogP contribution in [0.5, 0.6) is 0 Å². The molecule has 1 aliphatic rings. The summed E-state index contributed by atoms with van der Waals surface area (Å²) in [6.07, 6.45) is 2.28. The predicted octanol–water partition coefficient (Wildman–Crippen LogP) is 3.17. The van der Waals surface area contributed by atoms with Gasteiger partial charge in [0.1, 0.15) is 22.0 Å². The van der Waals surface area contributed by atoms with E-state index in [2.05, 4.69) is 19.1 Å². The molecule has 33 heavy (non-hydrogen) atoms. The molecule has 1 atom stereocenters. The Hall–Kier alpha value is -2.65. The Morgan fingerprint density at radius 2 is 1.70 bits per heavy atom. The molecule has 2 heterocycles. The van der Waals surface area contributed by atoms with E-state index in [0.717, 1.165) is 12.8 Å². The van der Waals surface area contributed by atoms with Crippen LogP contribution in [0.3, 0.4) is 0 Å². The third kappa shape index (κ3) is 5.65. The van der Waals surface area contributed by atoms with E-state index < -0.39 is 16.0 Å². The van der Waals surface area contributed by atoms with Gasteiger partial charge in [-0.15, -0.1) is 0 Å². The first-order chi connectivity index (χ1) is 15.6. The molecule has 1 aromatic heterocycles. The first-order valence-corrected chi connectivity index (χ1v) is 12.6. The molecule has 1 saturated heterocycles. The number of piperazine rings is 1. The first-order valence-electron chi connectivity index (χ1n) is 11.1. The maximum atomic E-state index is 13.3. The molecular weight excluding hydrogens is 444 g/mol. The summed E-state index contributed by atoms with van der Waals surface area (Å²) in [5, 5.41) is 0. The lowest BCUT2D eigenvalue weighted by Gasteiger charge is -2.34. The van der Waals surface area contributed by atoms with Gasteiger partial charge in [0.15, 0.2) is 0 Å². The number of furan rings is 1. The summed E-state index contributed by atoms with van der Waals surface area (Å²) >= 11 is 0. The normalized spacial score (nSPS) is 15.9. The maximum absolute atomic E-state index is 13.3. The topological polar surface area (TPSA) is 97.1 Å². The molecule has 0 aliphatic carbocycles. The van der Waals surface area contributed by atoms with Gasteiger partial charge in [0.2, 0.25) is 15.9 Å². The number of hydrogen-bond acceptors (Lipinski definition) is 6. The standard InChI is InChI=1S/C24H32N2O6S/c1-17(10-11-20-8-6-5-7-9-20)16-21(27)25-12-14-26(15-13-25)33(29,30)23-19(3)32-18(2)22(23)24(28)31-4/h5-9,17H,10-16H2,1-4H3. The van der Waals surface area contributed by atoms with Crippen LogP contribution < -0.4 is 0 Å². The van der Waals surface area contributed by atoms with Gasteiger partial charge in [-0.1, -0.05) is 37.3 Å². The zero-order chi connectivity index (χ0) is 24.2. The molecule has 0 saturated carbocycles. The highest BCUT2D eigenvalue weighted by molar-refractivity contribution is 7.89. The summed E-state index contributed by atoms with van der Waals surface area (Å²) in [6, 6.07) is 10.2. The number of hydrogen-bond donors (Lipinski definition) is 0. The number of sulfonamides is 1. The van der Waals surface area contributed by atoms with E-state index in [1.807, 2.05) is 18.2 Å². The third-order valence-corrected chi connectivity index (χ3v) is 8.13. The third-order valence-electron chi connectivity index (χ3n) is 6.08. The Bertz CT molecular complexity index is 1090. The van der Waals surface area contributed by atoms with Crippen LogP contribution in [0.4, 0.5) is 0 Å². The van der Waals surface area contributed by atoms with E-state index in [9.17, 15) is 18.0 Å². The molecule has 9 heteroatoms. The molecule has 180 valence electrons. The summed E-state index contributed by atoms with van der Waals surface area (Å²) in [7, 11) is -2.77. The van der Waals surface area contributed by atoms with Crippen molar-refractivity contribution >= 4 is 21.9 Å². The number of esters is 1. The zero-order valence-electron chi connectivity index (χ0n) is 19.7. The van der Waals surface area contributed by atoms with E-state index in [4.69, 9.17) is 9.15 Å². The van der Waals surface area contributed by atoms with Crippen molar-refractivity contribution in [2.75, 3.05) is 33.3 Å². The zero-order valence-corrected chi connectivity index (χ0v) is 20.5. The number of aryl methyl sites for hydroxylation is 3. The molecule has 0 spiro atoms. The van der Waals surface area contributed by atoms with Crippen molar-refractivity contribution < 1.29 is 27.2 Å². The molecule has 3 rings (SSSR count). The quantitative estimate of drug-likeness (QED) is 0.543. The number of ether oxygens (including phenoxy) is 1. The molecule has 1 aromatic carbocycles. The smallest absolute Gasteiger partial charge is 0.342 e. The van der Waals surface area contributed by atoms with Crippen molar-refractivity contribution in [3.8, 4) is 0 Å². The van der Waals surface area contributed by atoms with E-state index in [0.29, 0.717) is 19.5 Å². The summed E-state index contributed by atoms with van der Waals surface area (Å²) in [5.74, 6) is -0.118. The summed E-state index contributed by atoms with van der Waals surface area (Å²) in [5.41, 5.74) is 1.19. The van der Waals surface area contributed by atoms with E-state index in [1.165, 1.54) is 30.8 Å². The van der Waals surface area contributed by atoms with Crippen LogP contribution >= 0.6 is 0 Å². The van der Waals surface area contributed by atoms with Crippen LogP contribution in [-0.2, 0) is 26.0 Å². The summed E-state index contributed by atoms with van der Waals surface area (Å²) < 4.78 is 38.1. The minimum absolute atomic E-state index is 0.0400. The van der Waals surface area contributed by atoms with Gasteiger partial charge in [-0.05, 0) is 38.2 Å². The van der Waals surface area contributed by atoms with Crippen LogP contribution in [0.25, 0.3) is 0 Å². The highest BCUT2D eigenvalue weighted by atomic mass is 32.2. The molecule has 1 amide bonds. The number of methoxy groups -OCH3 is 1. The Morgan fingerprint density at radius 1 is 1.06 bits per heavy atom. The fourth-order valence-corrected chi connectivity index (χ4v) is 6.00. The van der Waals surface area contributed by atoms with Gasteiger partial charge in [0, 0.05) is 32.6 Å². The number of nitrogens with zero attached hydrogens (tertiary/aromatic N) is 2. The number of amides is 1. The Labute approximate surface area is 195 Å². The van der Waals surface area contributed by atoms with Gasteiger partial charge in [-0.25, -0.2) is 13.2 Å². The second kappa shape index (κ2) is 10.5. The number of carbonyl (C=O) groups excluding carboxylic acids is 2. The Kier molecular flexibility index (Phi) is 7.97. The largest absolute Gasteiger partial charge is 0.465 e. The highest BCUT2D eigenvalue weighted by Crippen LogP contribution is 2.30. The lowest BCUT2D eigenvalue weighted by atomic mass is 9.97. The van der Waals surface area contributed by atoms with Crippen molar-refractivity contribution in [3.63, 3.8) is 0 Å². The van der Waals surface area contributed by atoms with Gasteiger partial charge in [0.25, 0.3) is 0 Å². The van der Waals surface area contributed by atoms with Crippen LogP contribution in [0.2, 0.25) is 0 Å². The molecule has 8 nitrogen and oxygen atoms in total. The molecular formula is C24H32N2O6S. The molecule has 0 radical (unpaired) electrons. The molecule has 0 bridgehead atoms. The van der Waals surface area contributed by atoms with E-state index >= 15 is 0 Å². The minimum Gasteiger partial charge on any atom is -0.465 e. The first kappa shape index (κ1) is 25.0.